The third-order valence-corrected chi connectivity index (χ3v) is 6.24. The van der Waals surface area contributed by atoms with E-state index < -0.39 is 0 Å². The van der Waals surface area contributed by atoms with Crippen molar-refractivity contribution in [2.75, 3.05) is 33.4 Å². The summed E-state index contributed by atoms with van der Waals surface area (Å²) in [5.74, 6) is 0.556. The third kappa shape index (κ3) is 4.60. The first kappa shape index (κ1) is 18.8. The zero-order valence-corrected chi connectivity index (χ0v) is 16.2. The van der Waals surface area contributed by atoms with E-state index >= 15 is 0 Å². The van der Waals surface area contributed by atoms with Gasteiger partial charge in [0, 0.05) is 17.4 Å². The highest BCUT2D eigenvalue weighted by Crippen LogP contribution is 2.36. The van der Waals surface area contributed by atoms with Crippen LogP contribution in [0.5, 0.6) is 5.75 Å². The van der Waals surface area contributed by atoms with E-state index in [1.165, 1.54) is 38.8 Å². The maximum Gasteiger partial charge on any atom is 0.344 e. The van der Waals surface area contributed by atoms with E-state index in [-0.39, 0.29) is 12.6 Å². The number of esters is 1. The topological polar surface area (TPSA) is 35.5 Å². The Morgan fingerprint density at radius 1 is 1.20 bits per heavy atom. The smallest absolute Gasteiger partial charge is 0.344 e. The number of piperidine rings is 2. The fourth-order valence-corrected chi connectivity index (χ4v) is 4.86. The van der Waals surface area contributed by atoms with Gasteiger partial charge in [0.15, 0.2) is 6.61 Å². The second-order valence-electron chi connectivity index (χ2n) is 7.44. The summed E-state index contributed by atoms with van der Waals surface area (Å²) in [5.41, 5.74) is 0. The Morgan fingerprint density at radius 3 is 2.80 bits per heavy atom. The Balaban J connectivity index is 1.48. The largest absolute Gasteiger partial charge is 0.480 e. The van der Waals surface area contributed by atoms with Crippen molar-refractivity contribution in [1.82, 2.24) is 0 Å². The van der Waals surface area contributed by atoms with Crippen LogP contribution in [0.4, 0.5) is 0 Å². The highest BCUT2D eigenvalue weighted by molar-refractivity contribution is 6.35. The molecule has 0 N–H and O–H groups in total. The fourth-order valence-electron chi connectivity index (χ4n) is 4.40. The number of rotatable bonds is 5. The molecule has 0 bridgehead atoms. The number of hydrogen-bond donors (Lipinski definition) is 0. The number of ether oxygens (including phenoxy) is 2. The standard InChI is InChI=1S/C19H26Cl2NO3/c1-22-9-3-2-6-17(22)14(5-4-10-22)12-25-19(23)13-24-18-8-7-15(20)11-16(18)21/h7-8,11,14,17H,2-6,9-10,12-13H2,1H3/q+1. The molecular formula is C19H26Cl2NO3+. The molecule has 4 nitrogen and oxygen atoms in total. The molecule has 0 amide bonds. The normalized spacial score (nSPS) is 28.9. The molecule has 2 aliphatic rings. The number of halogens is 2. The second kappa shape index (κ2) is 8.15. The van der Waals surface area contributed by atoms with E-state index in [1.807, 2.05) is 0 Å². The molecule has 0 radical (unpaired) electrons. The molecule has 1 aromatic rings. The maximum atomic E-state index is 12.1. The molecule has 1 aromatic carbocycles. The molecular weight excluding hydrogens is 361 g/mol. The van der Waals surface area contributed by atoms with Gasteiger partial charge in [-0.3, -0.25) is 0 Å². The van der Waals surface area contributed by atoms with Crippen molar-refractivity contribution < 1.29 is 18.8 Å². The number of quaternary nitrogens is 1. The van der Waals surface area contributed by atoms with Gasteiger partial charge >= 0.3 is 5.97 Å². The van der Waals surface area contributed by atoms with Gasteiger partial charge < -0.3 is 14.0 Å². The SMILES string of the molecule is C[N+]12CCCCC1C(COC(=O)COc1ccc(Cl)cc1Cl)CCC2. The van der Waals surface area contributed by atoms with Gasteiger partial charge in [-0.2, -0.15) is 0 Å². The highest BCUT2D eigenvalue weighted by Gasteiger charge is 2.43. The number of carbonyl (C=O) groups excluding carboxylic acids is 1. The van der Waals surface area contributed by atoms with Gasteiger partial charge in [0.05, 0.1) is 37.8 Å². The lowest BCUT2D eigenvalue weighted by Crippen LogP contribution is -2.61. The number of carbonyl (C=O) groups is 1. The van der Waals surface area contributed by atoms with Crippen molar-refractivity contribution >= 4 is 29.2 Å². The minimum Gasteiger partial charge on any atom is -0.480 e. The first-order chi connectivity index (χ1) is 12.0. The van der Waals surface area contributed by atoms with Crippen LogP contribution >= 0.6 is 23.2 Å². The van der Waals surface area contributed by atoms with Gasteiger partial charge in [-0.1, -0.05) is 23.2 Å². The van der Waals surface area contributed by atoms with E-state index in [0.29, 0.717) is 34.4 Å². The quantitative estimate of drug-likeness (QED) is 0.558. The molecule has 0 spiro atoms. The molecule has 2 heterocycles. The highest BCUT2D eigenvalue weighted by atomic mass is 35.5. The second-order valence-corrected chi connectivity index (χ2v) is 8.28. The molecule has 25 heavy (non-hydrogen) atoms. The lowest BCUT2D eigenvalue weighted by molar-refractivity contribution is -0.947. The van der Waals surface area contributed by atoms with Crippen molar-refractivity contribution in [2.45, 2.75) is 38.1 Å². The van der Waals surface area contributed by atoms with Gasteiger partial charge in [-0.05, 0) is 43.9 Å². The molecule has 2 fully saturated rings. The summed E-state index contributed by atoms with van der Waals surface area (Å²) in [6.45, 7) is 2.88. The van der Waals surface area contributed by atoms with Crippen molar-refractivity contribution in [3.8, 4) is 5.75 Å². The summed E-state index contributed by atoms with van der Waals surface area (Å²) < 4.78 is 12.1. The van der Waals surface area contributed by atoms with Crippen molar-refractivity contribution in [3.05, 3.63) is 28.2 Å². The summed E-state index contributed by atoms with van der Waals surface area (Å²) in [6, 6.07) is 5.55. The summed E-state index contributed by atoms with van der Waals surface area (Å²) in [5, 5.41) is 0.925. The summed E-state index contributed by atoms with van der Waals surface area (Å²) in [7, 11) is 2.36. The molecule has 138 valence electrons. The van der Waals surface area contributed by atoms with E-state index in [9.17, 15) is 4.79 Å². The predicted octanol–water partition coefficient (Wildman–Crippen LogP) is 4.32. The Bertz CT molecular complexity index is 621. The maximum absolute atomic E-state index is 12.1. The fraction of sp³-hybridized carbons (Fsp3) is 0.632. The Labute approximate surface area is 159 Å². The van der Waals surface area contributed by atoms with E-state index in [0.717, 1.165) is 10.9 Å². The average Bonchev–Trinajstić information content (AvgIpc) is 2.58. The Kier molecular flexibility index (Phi) is 6.13. The molecule has 3 atom stereocenters. The average molecular weight is 387 g/mol. The van der Waals surface area contributed by atoms with Crippen LogP contribution in [-0.4, -0.2) is 49.8 Å². The predicted molar refractivity (Wildman–Crippen MR) is 99.2 cm³/mol. The van der Waals surface area contributed by atoms with E-state index in [4.69, 9.17) is 32.7 Å². The molecule has 6 heteroatoms. The van der Waals surface area contributed by atoms with Gasteiger partial charge in [-0.15, -0.1) is 0 Å². The zero-order valence-electron chi connectivity index (χ0n) is 14.7. The van der Waals surface area contributed by atoms with Crippen LogP contribution < -0.4 is 4.74 Å². The van der Waals surface area contributed by atoms with E-state index in [1.54, 1.807) is 18.2 Å². The summed E-state index contributed by atoms with van der Waals surface area (Å²) in [6.07, 6.45) is 6.22. The van der Waals surface area contributed by atoms with Crippen LogP contribution in [0.2, 0.25) is 10.0 Å². The van der Waals surface area contributed by atoms with Crippen LogP contribution in [0.3, 0.4) is 0 Å². The monoisotopic (exact) mass is 386 g/mol. The zero-order chi connectivity index (χ0) is 17.9. The molecule has 3 rings (SSSR count). The van der Waals surface area contributed by atoms with Crippen molar-refractivity contribution in [3.63, 3.8) is 0 Å². The molecule has 2 aliphatic heterocycles. The van der Waals surface area contributed by atoms with Crippen LogP contribution in [-0.2, 0) is 9.53 Å². The minimum atomic E-state index is -0.346. The number of fused-ring (bicyclic) bond motifs is 1. The number of nitrogens with zero attached hydrogens (tertiary/aromatic N) is 1. The van der Waals surface area contributed by atoms with Gasteiger partial charge in [-0.25, -0.2) is 4.79 Å². The Morgan fingerprint density at radius 2 is 2.00 bits per heavy atom. The van der Waals surface area contributed by atoms with Crippen LogP contribution in [0.1, 0.15) is 32.1 Å². The molecule has 0 saturated carbocycles. The third-order valence-electron chi connectivity index (χ3n) is 5.71. The summed E-state index contributed by atoms with van der Waals surface area (Å²) >= 11 is 11.9. The lowest BCUT2D eigenvalue weighted by atomic mass is 9.82. The number of benzene rings is 1. The van der Waals surface area contributed by atoms with Crippen LogP contribution in [0.25, 0.3) is 0 Å². The number of hydrogen-bond acceptors (Lipinski definition) is 3. The Hall–Kier alpha value is -0.970. The van der Waals surface area contributed by atoms with Crippen molar-refractivity contribution in [1.29, 1.82) is 0 Å². The molecule has 0 aromatic heterocycles. The first-order valence-corrected chi connectivity index (χ1v) is 9.81. The molecule has 0 aliphatic carbocycles. The van der Waals surface area contributed by atoms with E-state index in [2.05, 4.69) is 7.05 Å². The van der Waals surface area contributed by atoms with Gasteiger partial charge in [0.25, 0.3) is 0 Å². The molecule has 2 saturated heterocycles. The summed E-state index contributed by atoms with van der Waals surface area (Å²) in [4.78, 5) is 12.1. The van der Waals surface area contributed by atoms with Gasteiger partial charge in [0.2, 0.25) is 0 Å². The minimum absolute atomic E-state index is 0.134. The molecule has 3 unspecified atom stereocenters. The van der Waals surface area contributed by atoms with Crippen molar-refractivity contribution in [2.24, 2.45) is 5.92 Å². The lowest BCUT2D eigenvalue weighted by Gasteiger charge is -2.51. The first-order valence-electron chi connectivity index (χ1n) is 9.06. The van der Waals surface area contributed by atoms with Gasteiger partial charge in [0.1, 0.15) is 5.75 Å². The van der Waals surface area contributed by atoms with Crippen LogP contribution in [0, 0.1) is 5.92 Å². The van der Waals surface area contributed by atoms with Crippen LogP contribution in [0.15, 0.2) is 18.2 Å².